The Labute approximate surface area is 125 Å². The predicted molar refractivity (Wildman–Crippen MR) is 83.1 cm³/mol. The highest BCUT2D eigenvalue weighted by Gasteiger charge is 2.98. The fourth-order valence-electron chi connectivity index (χ4n) is 10.3. The van der Waals surface area contributed by atoms with Gasteiger partial charge in [0.15, 0.2) is 0 Å². The first-order valence-electron chi connectivity index (χ1n) is 9.23. The van der Waals surface area contributed by atoms with Crippen LogP contribution in [0.2, 0.25) is 0 Å². The molecule has 0 aromatic carbocycles. The Kier molecular flexibility index (Phi) is 1.75. The number of fused-ring (bicyclic) bond motifs is 10. The molecule has 112 valence electrons. The van der Waals surface area contributed by atoms with E-state index in [1.54, 1.807) is 0 Å². The molecule has 11 unspecified atom stereocenters. The average Bonchev–Trinajstić information content (AvgIpc) is 2.42. The van der Waals surface area contributed by atoms with E-state index in [0.717, 1.165) is 41.4 Å². The Hall–Kier alpha value is 0. The van der Waals surface area contributed by atoms with Crippen LogP contribution in [0.1, 0.15) is 61.3 Å². The van der Waals surface area contributed by atoms with Crippen LogP contribution < -0.4 is 0 Å². The van der Waals surface area contributed by atoms with E-state index in [9.17, 15) is 0 Å². The van der Waals surface area contributed by atoms with Gasteiger partial charge in [0.05, 0.1) is 0 Å². The monoisotopic (exact) mass is 272 g/mol. The molecule has 0 nitrogen and oxygen atoms in total. The zero-order chi connectivity index (χ0) is 14.5. The summed E-state index contributed by atoms with van der Waals surface area (Å²) in [6.45, 7) is 18.3. The number of hydrogen-bond acceptors (Lipinski definition) is 0. The van der Waals surface area contributed by atoms with Gasteiger partial charge in [-0.05, 0) is 69.5 Å². The molecule has 0 aromatic rings. The van der Waals surface area contributed by atoms with Gasteiger partial charge < -0.3 is 0 Å². The van der Waals surface area contributed by atoms with Crippen molar-refractivity contribution in [3.05, 3.63) is 0 Å². The van der Waals surface area contributed by atoms with Crippen LogP contribution in [0.3, 0.4) is 0 Å². The van der Waals surface area contributed by atoms with Gasteiger partial charge in [0.1, 0.15) is 0 Å². The molecule has 0 aromatic heterocycles. The molecular formula is C20H32. The molecule has 5 saturated carbocycles. The summed E-state index contributed by atoms with van der Waals surface area (Å²) < 4.78 is 0. The fourth-order valence-corrected chi connectivity index (χ4v) is 10.3. The Bertz CT molecular complexity index is 522. The molecule has 0 spiro atoms. The van der Waals surface area contributed by atoms with Crippen molar-refractivity contribution in [1.82, 2.24) is 0 Å². The summed E-state index contributed by atoms with van der Waals surface area (Å²) in [4.78, 5) is 0. The minimum absolute atomic E-state index is 0.672. The van der Waals surface area contributed by atoms with Crippen molar-refractivity contribution in [3.8, 4) is 0 Å². The Morgan fingerprint density at radius 2 is 1.45 bits per heavy atom. The van der Waals surface area contributed by atoms with E-state index in [1.165, 1.54) is 12.8 Å². The van der Waals surface area contributed by atoms with E-state index in [2.05, 4.69) is 48.5 Å². The van der Waals surface area contributed by atoms with Gasteiger partial charge in [0.2, 0.25) is 0 Å². The molecule has 5 fully saturated rings. The van der Waals surface area contributed by atoms with Crippen LogP contribution in [0.5, 0.6) is 0 Å². The first-order valence-corrected chi connectivity index (χ1v) is 9.23. The largest absolute Gasteiger partial charge is 0.0651 e. The third-order valence-electron chi connectivity index (χ3n) is 11.2. The second-order valence-corrected chi connectivity index (χ2v) is 10.3. The van der Waals surface area contributed by atoms with Crippen molar-refractivity contribution < 1.29 is 0 Å². The fraction of sp³-hybridized carbons (Fsp3) is 1.00. The van der Waals surface area contributed by atoms with Crippen LogP contribution >= 0.6 is 0 Å². The Morgan fingerprint density at radius 3 is 2.00 bits per heavy atom. The van der Waals surface area contributed by atoms with Gasteiger partial charge in [-0.2, -0.15) is 0 Å². The van der Waals surface area contributed by atoms with Crippen LogP contribution in [0.15, 0.2) is 0 Å². The van der Waals surface area contributed by atoms with E-state index < -0.39 is 0 Å². The van der Waals surface area contributed by atoms with Crippen molar-refractivity contribution in [2.45, 2.75) is 61.3 Å². The lowest BCUT2D eigenvalue weighted by molar-refractivity contribution is -0.551. The van der Waals surface area contributed by atoms with E-state index in [-0.39, 0.29) is 0 Å². The van der Waals surface area contributed by atoms with Crippen molar-refractivity contribution in [1.29, 1.82) is 0 Å². The molecule has 0 saturated heterocycles. The first kappa shape index (κ1) is 12.5. The molecular weight excluding hydrogens is 240 g/mol. The zero-order valence-electron chi connectivity index (χ0n) is 14.5. The second kappa shape index (κ2) is 2.79. The summed E-state index contributed by atoms with van der Waals surface area (Å²) in [5.74, 6) is 7.40. The van der Waals surface area contributed by atoms with Crippen LogP contribution in [0.4, 0.5) is 0 Å². The molecule has 5 aliphatic carbocycles. The minimum atomic E-state index is 0.672. The second-order valence-electron chi connectivity index (χ2n) is 10.3. The highest BCUT2D eigenvalue weighted by molar-refractivity contribution is 5.44. The molecule has 20 heavy (non-hydrogen) atoms. The summed E-state index contributed by atoms with van der Waals surface area (Å²) in [7, 11) is 0. The molecule has 5 rings (SSSR count). The molecule has 0 heteroatoms. The van der Waals surface area contributed by atoms with E-state index in [0.29, 0.717) is 21.7 Å². The zero-order valence-corrected chi connectivity index (χ0v) is 14.5. The quantitative estimate of drug-likeness (QED) is 0.573. The maximum absolute atomic E-state index is 2.71. The SMILES string of the molecule is CCC1C(C)C2(C)C1C1C3C4C(C)CC4(C)C3(C)C12C. The van der Waals surface area contributed by atoms with E-state index >= 15 is 0 Å². The van der Waals surface area contributed by atoms with Gasteiger partial charge in [0, 0.05) is 0 Å². The highest BCUT2D eigenvalue weighted by atomic mass is 15.0. The summed E-state index contributed by atoms with van der Waals surface area (Å²) in [6.07, 6.45) is 2.94. The summed E-state index contributed by atoms with van der Waals surface area (Å²) >= 11 is 0. The van der Waals surface area contributed by atoms with Gasteiger partial charge in [0.25, 0.3) is 0 Å². The summed E-state index contributed by atoms with van der Waals surface area (Å²) in [5.41, 5.74) is 2.73. The molecule has 0 bridgehead atoms. The first-order chi connectivity index (χ1) is 9.23. The average molecular weight is 272 g/mol. The van der Waals surface area contributed by atoms with Crippen molar-refractivity contribution in [2.24, 2.45) is 63.1 Å². The maximum atomic E-state index is 2.71. The topological polar surface area (TPSA) is 0 Å². The van der Waals surface area contributed by atoms with Crippen LogP contribution in [-0.4, -0.2) is 0 Å². The van der Waals surface area contributed by atoms with Gasteiger partial charge in [-0.1, -0.05) is 54.9 Å². The Morgan fingerprint density at radius 1 is 0.850 bits per heavy atom. The van der Waals surface area contributed by atoms with E-state index in [1.807, 2.05) is 0 Å². The van der Waals surface area contributed by atoms with Crippen molar-refractivity contribution in [2.75, 3.05) is 0 Å². The number of rotatable bonds is 1. The smallest absolute Gasteiger partial charge is 0.0170 e. The van der Waals surface area contributed by atoms with Gasteiger partial charge in [-0.3, -0.25) is 0 Å². The van der Waals surface area contributed by atoms with Gasteiger partial charge in [-0.15, -0.1) is 0 Å². The van der Waals surface area contributed by atoms with Crippen LogP contribution in [-0.2, 0) is 0 Å². The van der Waals surface area contributed by atoms with Crippen molar-refractivity contribution in [3.63, 3.8) is 0 Å². The van der Waals surface area contributed by atoms with Crippen molar-refractivity contribution >= 4 is 0 Å². The van der Waals surface area contributed by atoms with E-state index in [4.69, 9.17) is 0 Å². The number of hydrogen-bond donors (Lipinski definition) is 0. The Balaban J connectivity index is 1.59. The molecule has 0 radical (unpaired) electrons. The normalized spacial score (nSPS) is 79.0. The molecule has 5 aliphatic rings. The van der Waals surface area contributed by atoms with Gasteiger partial charge in [-0.25, -0.2) is 0 Å². The third-order valence-corrected chi connectivity index (χ3v) is 11.2. The van der Waals surface area contributed by atoms with Crippen LogP contribution in [0.25, 0.3) is 0 Å². The van der Waals surface area contributed by atoms with Gasteiger partial charge >= 0.3 is 0 Å². The standard InChI is InChI=1S/C20H32/c1-8-12-11(3)18(5)14(12)16-15-13-10(2)9-17(13,4)19(15,6)20(16,18)7/h10-16H,8-9H2,1-7H3. The molecule has 0 N–H and O–H groups in total. The summed E-state index contributed by atoms with van der Waals surface area (Å²) in [6, 6.07) is 0. The third kappa shape index (κ3) is 0.672. The lowest BCUT2D eigenvalue weighted by atomic mass is 9.02. The maximum Gasteiger partial charge on any atom is -0.0170 e. The molecule has 0 heterocycles. The highest BCUT2D eigenvalue weighted by Crippen LogP contribution is 3.02. The molecule has 0 aliphatic heterocycles. The summed E-state index contributed by atoms with van der Waals surface area (Å²) in [5, 5.41) is 0. The molecule has 11 atom stereocenters. The molecule has 0 amide bonds. The van der Waals surface area contributed by atoms with Crippen LogP contribution in [0, 0.1) is 63.1 Å². The predicted octanol–water partition coefficient (Wildman–Crippen LogP) is 5.23. The lowest BCUT2D eigenvalue weighted by Gasteiger charge is -3.02. The minimum Gasteiger partial charge on any atom is -0.0651 e. The lowest BCUT2D eigenvalue weighted by Crippen LogP contribution is -2.98.